The molecule has 3 rings (SSSR count). The van der Waals surface area contributed by atoms with E-state index in [4.69, 9.17) is 0 Å². The highest BCUT2D eigenvalue weighted by Gasteiger charge is 2.28. The highest BCUT2D eigenvalue weighted by atomic mass is 32.2. The lowest BCUT2D eigenvalue weighted by atomic mass is 9.96. The molecule has 1 saturated heterocycles. The lowest BCUT2D eigenvalue weighted by Gasteiger charge is -2.30. The quantitative estimate of drug-likeness (QED) is 0.920. The summed E-state index contributed by atoms with van der Waals surface area (Å²) in [5, 5.41) is 7.08. The molecule has 1 fully saturated rings. The summed E-state index contributed by atoms with van der Waals surface area (Å²) in [6, 6.07) is 1.91. The van der Waals surface area contributed by atoms with Crippen LogP contribution < -0.4 is 0 Å². The second-order valence-corrected chi connectivity index (χ2v) is 7.71. The van der Waals surface area contributed by atoms with Crippen LogP contribution in [0.1, 0.15) is 30.1 Å². The Hall–Kier alpha value is -1.80. The fourth-order valence-corrected chi connectivity index (χ4v) is 3.65. The lowest BCUT2D eigenvalue weighted by molar-refractivity contribution is 0.314. The molecule has 1 aliphatic rings. The van der Waals surface area contributed by atoms with E-state index >= 15 is 0 Å². The van der Waals surface area contributed by atoms with Gasteiger partial charge in [0.25, 0.3) is 0 Å². The minimum atomic E-state index is -3.16. The van der Waals surface area contributed by atoms with Crippen LogP contribution in [0.25, 0.3) is 11.4 Å². The van der Waals surface area contributed by atoms with Crippen LogP contribution in [0.4, 0.5) is 0 Å². The summed E-state index contributed by atoms with van der Waals surface area (Å²) in [6.07, 6.45) is 6.41. The molecular formula is C14H19N5O2S. The van der Waals surface area contributed by atoms with Crippen molar-refractivity contribution in [3.63, 3.8) is 0 Å². The van der Waals surface area contributed by atoms with Gasteiger partial charge in [-0.25, -0.2) is 17.7 Å². The van der Waals surface area contributed by atoms with Crippen molar-refractivity contribution >= 4 is 10.0 Å². The number of piperidine rings is 1. The third-order valence-electron chi connectivity index (χ3n) is 3.89. The van der Waals surface area contributed by atoms with Gasteiger partial charge in [0.15, 0.2) is 0 Å². The van der Waals surface area contributed by atoms with Gasteiger partial charge < -0.3 is 0 Å². The van der Waals surface area contributed by atoms with Crippen molar-refractivity contribution in [2.45, 2.75) is 25.7 Å². The molecule has 0 unspecified atom stereocenters. The molecule has 0 aromatic carbocycles. The molecule has 7 nitrogen and oxygen atoms in total. The zero-order chi connectivity index (χ0) is 15.7. The molecule has 0 aliphatic carbocycles. The summed E-state index contributed by atoms with van der Waals surface area (Å²) in [6.45, 7) is 2.98. The van der Waals surface area contributed by atoms with Crippen LogP contribution in [0.3, 0.4) is 0 Å². The molecule has 2 aromatic heterocycles. The van der Waals surface area contributed by atoms with Crippen molar-refractivity contribution in [2.24, 2.45) is 0 Å². The Kier molecular flexibility index (Phi) is 3.96. The molecule has 3 heterocycles. The molecule has 8 heteroatoms. The van der Waals surface area contributed by atoms with Gasteiger partial charge in [0.05, 0.1) is 18.1 Å². The third-order valence-corrected chi connectivity index (χ3v) is 5.16. The van der Waals surface area contributed by atoms with Gasteiger partial charge in [-0.2, -0.15) is 5.10 Å². The van der Waals surface area contributed by atoms with Crippen molar-refractivity contribution in [2.75, 3.05) is 19.3 Å². The number of nitrogens with zero attached hydrogens (tertiary/aromatic N) is 4. The van der Waals surface area contributed by atoms with Gasteiger partial charge >= 0.3 is 0 Å². The van der Waals surface area contributed by atoms with Gasteiger partial charge in [0.2, 0.25) is 10.0 Å². The first-order valence-electron chi connectivity index (χ1n) is 7.23. The zero-order valence-electron chi connectivity index (χ0n) is 12.7. The normalized spacial score (nSPS) is 20.2. The lowest BCUT2D eigenvalue weighted by Crippen LogP contribution is -2.38. The second kappa shape index (κ2) is 5.77. The Morgan fingerprint density at radius 2 is 2.14 bits per heavy atom. The SMILES string of the molecule is Cc1cc(-c2cncc([C@H]3CCCN(S(C)(=O)=O)C3)n2)n[nH]1. The summed E-state index contributed by atoms with van der Waals surface area (Å²) in [7, 11) is -3.16. The number of aromatic nitrogens is 4. The summed E-state index contributed by atoms with van der Waals surface area (Å²) < 4.78 is 25.0. The van der Waals surface area contributed by atoms with E-state index in [0.29, 0.717) is 18.8 Å². The number of sulfonamides is 1. The molecule has 118 valence electrons. The van der Waals surface area contributed by atoms with Crippen molar-refractivity contribution in [1.29, 1.82) is 0 Å². The van der Waals surface area contributed by atoms with E-state index in [9.17, 15) is 8.42 Å². The smallest absolute Gasteiger partial charge is 0.211 e. The molecule has 0 saturated carbocycles. The van der Waals surface area contributed by atoms with Gasteiger partial charge in [-0.05, 0) is 25.8 Å². The maximum absolute atomic E-state index is 11.7. The number of rotatable bonds is 3. The second-order valence-electron chi connectivity index (χ2n) is 5.73. The molecule has 22 heavy (non-hydrogen) atoms. The Bertz CT molecular complexity index is 771. The van der Waals surface area contributed by atoms with Crippen molar-refractivity contribution in [3.8, 4) is 11.4 Å². The van der Waals surface area contributed by atoms with Gasteiger partial charge in [-0.15, -0.1) is 0 Å². The van der Waals surface area contributed by atoms with E-state index < -0.39 is 10.0 Å². The summed E-state index contributed by atoms with van der Waals surface area (Å²) in [5.41, 5.74) is 3.25. The summed E-state index contributed by atoms with van der Waals surface area (Å²) in [5.74, 6) is 0.0796. The van der Waals surface area contributed by atoms with Crippen LogP contribution in [0.15, 0.2) is 18.5 Å². The topological polar surface area (TPSA) is 91.8 Å². The number of hydrogen-bond donors (Lipinski definition) is 1. The molecule has 2 aromatic rings. The van der Waals surface area contributed by atoms with Gasteiger partial charge in [-0.3, -0.25) is 10.1 Å². The standard InChI is InChI=1S/C14H19N5O2S/c1-10-6-12(18-17-10)14-8-15-7-13(16-14)11-4-3-5-19(9-11)22(2,20)21/h6-8,11H,3-5,9H2,1-2H3,(H,17,18)/t11-/m0/s1. The number of aryl methyl sites for hydroxylation is 1. The van der Waals surface area contributed by atoms with Gasteiger partial charge in [0.1, 0.15) is 11.4 Å². The highest BCUT2D eigenvalue weighted by molar-refractivity contribution is 7.88. The first-order chi connectivity index (χ1) is 10.4. The average molecular weight is 321 g/mol. The fourth-order valence-electron chi connectivity index (χ4n) is 2.74. The molecule has 0 radical (unpaired) electrons. The Morgan fingerprint density at radius 3 is 2.82 bits per heavy atom. The third kappa shape index (κ3) is 3.17. The highest BCUT2D eigenvalue weighted by Crippen LogP contribution is 2.27. The van der Waals surface area contributed by atoms with E-state index in [-0.39, 0.29) is 5.92 Å². The maximum Gasteiger partial charge on any atom is 0.211 e. The van der Waals surface area contributed by atoms with Crippen molar-refractivity contribution < 1.29 is 8.42 Å². The van der Waals surface area contributed by atoms with Gasteiger partial charge in [-0.1, -0.05) is 0 Å². The van der Waals surface area contributed by atoms with E-state index in [2.05, 4.69) is 20.2 Å². The summed E-state index contributed by atoms with van der Waals surface area (Å²) in [4.78, 5) is 8.88. The Balaban J connectivity index is 1.86. The number of aromatic amines is 1. The average Bonchev–Trinajstić information content (AvgIpc) is 2.93. The van der Waals surface area contributed by atoms with Crippen molar-refractivity contribution in [1.82, 2.24) is 24.5 Å². The molecule has 0 bridgehead atoms. The van der Waals surface area contributed by atoms with E-state index in [1.54, 1.807) is 12.4 Å². The van der Waals surface area contributed by atoms with E-state index in [1.165, 1.54) is 10.6 Å². The fraction of sp³-hybridized carbons (Fsp3) is 0.500. The molecule has 0 amide bonds. The van der Waals surface area contributed by atoms with Crippen LogP contribution in [0, 0.1) is 6.92 Å². The number of nitrogens with one attached hydrogen (secondary N) is 1. The van der Waals surface area contributed by atoms with Crippen LogP contribution in [0.5, 0.6) is 0 Å². The Morgan fingerprint density at radius 1 is 1.32 bits per heavy atom. The van der Waals surface area contributed by atoms with Crippen molar-refractivity contribution in [3.05, 3.63) is 29.8 Å². The minimum Gasteiger partial charge on any atom is -0.282 e. The molecule has 1 atom stereocenters. The summed E-state index contributed by atoms with van der Waals surface area (Å²) >= 11 is 0. The predicted octanol–water partition coefficient (Wildman–Crippen LogP) is 1.31. The minimum absolute atomic E-state index is 0.0796. The first-order valence-corrected chi connectivity index (χ1v) is 9.08. The maximum atomic E-state index is 11.7. The van der Waals surface area contributed by atoms with Crippen LogP contribution in [-0.4, -0.2) is 52.2 Å². The van der Waals surface area contributed by atoms with Gasteiger partial charge in [0, 0.05) is 30.9 Å². The van der Waals surface area contributed by atoms with Crippen LogP contribution in [0.2, 0.25) is 0 Å². The largest absolute Gasteiger partial charge is 0.282 e. The molecular weight excluding hydrogens is 302 g/mol. The molecule has 1 N–H and O–H groups in total. The molecule has 0 spiro atoms. The number of hydrogen-bond acceptors (Lipinski definition) is 5. The zero-order valence-corrected chi connectivity index (χ0v) is 13.5. The van der Waals surface area contributed by atoms with E-state index in [1.807, 2.05) is 13.0 Å². The molecule has 1 aliphatic heterocycles. The predicted molar refractivity (Wildman–Crippen MR) is 82.7 cm³/mol. The van der Waals surface area contributed by atoms with Crippen LogP contribution in [-0.2, 0) is 10.0 Å². The number of H-pyrrole nitrogens is 1. The van der Waals surface area contributed by atoms with E-state index in [0.717, 1.165) is 29.9 Å². The Labute approximate surface area is 129 Å². The van der Waals surface area contributed by atoms with Crippen LogP contribution >= 0.6 is 0 Å². The monoisotopic (exact) mass is 321 g/mol. The first kappa shape index (κ1) is 15.1.